The minimum absolute atomic E-state index is 0.0862. The molecule has 2 rings (SSSR count). The molecule has 0 radical (unpaired) electrons. The summed E-state index contributed by atoms with van der Waals surface area (Å²) in [7, 11) is -3.32. The molecule has 1 saturated heterocycles. The summed E-state index contributed by atoms with van der Waals surface area (Å²) in [5.74, 6) is -0.393. The molecule has 1 aliphatic rings. The summed E-state index contributed by atoms with van der Waals surface area (Å²) in [6.45, 7) is 1.78. The summed E-state index contributed by atoms with van der Waals surface area (Å²) in [6, 6.07) is 1.62. The first-order valence-electron chi connectivity index (χ1n) is 6.05. The summed E-state index contributed by atoms with van der Waals surface area (Å²) in [5, 5.41) is 2.01. The van der Waals surface area contributed by atoms with Crippen molar-refractivity contribution in [1.29, 1.82) is 0 Å². The van der Waals surface area contributed by atoms with Crippen LogP contribution in [0.15, 0.2) is 12.3 Å². The van der Waals surface area contributed by atoms with Crippen molar-refractivity contribution in [3.63, 3.8) is 0 Å². The minimum Gasteiger partial charge on any atom is -0.323 e. The van der Waals surface area contributed by atoms with Gasteiger partial charge in [0.05, 0.1) is 17.6 Å². The second-order valence-electron chi connectivity index (χ2n) is 4.66. The van der Waals surface area contributed by atoms with Gasteiger partial charge in [0, 0.05) is 0 Å². The molecular weight excluding hydrogens is 288 g/mol. The summed E-state index contributed by atoms with van der Waals surface area (Å²) >= 11 is 5.73. The molecule has 1 aromatic rings. The van der Waals surface area contributed by atoms with E-state index in [1.807, 2.05) is 0 Å². The predicted molar refractivity (Wildman–Crippen MR) is 74.0 cm³/mol. The minimum atomic E-state index is -3.32. The van der Waals surface area contributed by atoms with Crippen LogP contribution in [0.2, 0.25) is 5.15 Å². The average Bonchev–Trinajstić information content (AvgIpc) is 2.32. The van der Waals surface area contributed by atoms with E-state index in [0.717, 1.165) is 12.0 Å². The molecule has 0 saturated carbocycles. The molecular formula is C12H15ClN2O3S. The number of nitrogens with zero attached hydrogens (tertiary/aromatic N) is 1. The smallest absolute Gasteiger partial charge is 0.242 e. The van der Waals surface area contributed by atoms with Crippen LogP contribution in [-0.2, 0) is 14.6 Å². The third kappa shape index (κ3) is 3.25. The first-order valence-corrected chi connectivity index (χ1v) is 8.14. The molecule has 0 aliphatic carbocycles. The SMILES string of the molecule is Cc1cc(Cl)ncc1NC(=O)C1CCCCS1(=O)=O. The zero-order chi connectivity index (χ0) is 14.0. The third-order valence-electron chi connectivity index (χ3n) is 3.21. The number of anilines is 1. The van der Waals surface area contributed by atoms with Crippen molar-refractivity contribution < 1.29 is 13.2 Å². The standard InChI is InChI=1S/C12H15ClN2O3S/c1-8-6-11(13)14-7-9(8)15-12(16)10-4-2-3-5-19(10,17)18/h6-7,10H,2-5H2,1H3,(H,15,16). The van der Waals surface area contributed by atoms with Gasteiger partial charge in [-0.15, -0.1) is 0 Å². The van der Waals surface area contributed by atoms with Crippen molar-refractivity contribution in [1.82, 2.24) is 4.98 Å². The van der Waals surface area contributed by atoms with E-state index in [0.29, 0.717) is 23.7 Å². The number of nitrogens with one attached hydrogen (secondary N) is 1. The highest BCUT2D eigenvalue weighted by Crippen LogP contribution is 2.22. The first-order chi connectivity index (χ1) is 8.90. The Morgan fingerprint density at radius 1 is 1.47 bits per heavy atom. The number of hydrogen-bond acceptors (Lipinski definition) is 4. The van der Waals surface area contributed by atoms with Crippen LogP contribution in [0, 0.1) is 6.92 Å². The molecule has 0 bridgehead atoms. The first kappa shape index (κ1) is 14.3. The zero-order valence-corrected chi connectivity index (χ0v) is 12.1. The zero-order valence-electron chi connectivity index (χ0n) is 10.5. The number of sulfone groups is 1. The van der Waals surface area contributed by atoms with Crippen LogP contribution >= 0.6 is 11.6 Å². The number of amides is 1. The van der Waals surface area contributed by atoms with Crippen LogP contribution in [0.3, 0.4) is 0 Å². The monoisotopic (exact) mass is 302 g/mol. The van der Waals surface area contributed by atoms with E-state index in [2.05, 4.69) is 10.3 Å². The number of halogens is 1. The highest BCUT2D eigenvalue weighted by atomic mass is 35.5. The van der Waals surface area contributed by atoms with E-state index < -0.39 is 21.0 Å². The van der Waals surface area contributed by atoms with Gasteiger partial charge in [-0.25, -0.2) is 13.4 Å². The van der Waals surface area contributed by atoms with E-state index in [-0.39, 0.29) is 5.75 Å². The number of carbonyl (C=O) groups excluding carboxylic acids is 1. The number of aryl methyl sites for hydroxylation is 1. The van der Waals surface area contributed by atoms with Gasteiger partial charge in [0.15, 0.2) is 9.84 Å². The summed E-state index contributed by atoms with van der Waals surface area (Å²) in [6.07, 6.45) is 3.21. The highest BCUT2D eigenvalue weighted by molar-refractivity contribution is 7.92. The number of aromatic nitrogens is 1. The van der Waals surface area contributed by atoms with Crippen LogP contribution < -0.4 is 5.32 Å². The Morgan fingerprint density at radius 3 is 2.84 bits per heavy atom. The molecule has 2 heterocycles. The van der Waals surface area contributed by atoms with E-state index in [4.69, 9.17) is 11.6 Å². The van der Waals surface area contributed by atoms with Gasteiger partial charge in [0.25, 0.3) is 0 Å². The largest absolute Gasteiger partial charge is 0.323 e. The molecule has 1 fully saturated rings. The normalized spacial score (nSPS) is 21.9. The summed E-state index contributed by atoms with van der Waals surface area (Å²) in [5.41, 5.74) is 1.25. The molecule has 5 nitrogen and oxygen atoms in total. The molecule has 104 valence electrons. The molecule has 1 unspecified atom stereocenters. The molecule has 1 aromatic heterocycles. The van der Waals surface area contributed by atoms with Crippen molar-refractivity contribution in [2.75, 3.05) is 11.1 Å². The Hall–Kier alpha value is -1.14. The van der Waals surface area contributed by atoms with Gasteiger partial charge in [0.2, 0.25) is 5.91 Å². The van der Waals surface area contributed by atoms with E-state index >= 15 is 0 Å². The molecule has 1 atom stereocenters. The van der Waals surface area contributed by atoms with Gasteiger partial charge < -0.3 is 5.32 Å². The van der Waals surface area contributed by atoms with E-state index in [1.54, 1.807) is 13.0 Å². The van der Waals surface area contributed by atoms with Gasteiger partial charge in [0.1, 0.15) is 10.4 Å². The predicted octanol–water partition coefficient (Wildman–Crippen LogP) is 1.95. The van der Waals surface area contributed by atoms with Crippen LogP contribution in [0.25, 0.3) is 0 Å². The fourth-order valence-corrected chi connectivity index (χ4v) is 4.13. The lowest BCUT2D eigenvalue weighted by atomic mass is 10.1. The van der Waals surface area contributed by atoms with E-state index in [9.17, 15) is 13.2 Å². The number of carbonyl (C=O) groups is 1. The van der Waals surface area contributed by atoms with Crippen molar-refractivity contribution in [2.24, 2.45) is 0 Å². The second-order valence-corrected chi connectivity index (χ2v) is 7.35. The third-order valence-corrected chi connectivity index (χ3v) is 5.59. The Morgan fingerprint density at radius 2 is 2.21 bits per heavy atom. The maximum absolute atomic E-state index is 12.1. The number of hydrogen-bond donors (Lipinski definition) is 1. The van der Waals surface area contributed by atoms with Crippen molar-refractivity contribution >= 4 is 33.0 Å². The lowest BCUT2D eigenvalue weighted by Gasteiger charge is -2.21. The highest BCUT2D eigenvalue weighted by Gasteiger charge is 2.34. The Balaban J connectivity index is 2.17. The van der Waals surface area contributed by atoms with Gasteiger partial charge in [-0.2, -0.15) is 0 Å². The lowest BCUT2D eigenvalue weighted by Crippen LogP contribution is -2.39. The molecule has 1 aliphatic heterocycles. The van der Waals surface area contributed by atoms with Crippen LogP contribution in [-0.4, -0.2) is 30.3 Å². The van der Waals surface area contributed by atoms with E-state index in [1.165, 1.54) is 6.20 Å². The summed E-state index contributed by atoms with van der Waals surface area (Å²) in [4.78, 5) is 15.9. The topological polar surface area (TPSA) is 76.1 Å². The average molecular weight is 303 g/mol. The molecule has 0 spiro atoms. The Labute approximate surface area is 117 Å². The fourth-order valence-electron chi connectivity index (χ4n) is 2.11. The molecule has 19 heavy (non-hydrogen) atoms. The van der Waals surface area contributed by atoms with Gasteiger partial charge in [-0.3, -0.25) is 4.79 Å². The van der Waals surface area contributed by atoms with Crippen molar-refractivity contribution in [3.8, 4) is 0 Å². The lowest BCUT2D eigenvalue weighted by molar-refractivity contribution is -0.116. The van der Waals surface area contributed by atoms with Crippen LogP contribution in [0.1, 0.15) is 24.8 Å². The second kappa shape index (κ2) is 5.46. The van der Waals surface area contributed by atoms with Gasteiger partial charge >= 0.3 is 0 Å². The number of rotatable bonds is 2. The molecule has 7 heteroatoms. The maximum Gasteiger partial charge on any atom is 0.242 e. The molecule has 1 N–H and O–H groups in total. The number of pyridine rings is 1. The van der Waals surface area contributed by atoms with Crippen molar-refractivity contribution in [2.45, 2.75) is 31.4 Å². The maximum atomic E-state index is 12.1. The molecule has 0 aromatic carbocycles. The Kier molecular flexibility index (Phi) is 4.10. The van der Waals surface area contributed by atoms with Gasteiger partial charge in [-0.05, 0) is 31.4 Å². The molecule has 1 amide bonds. The van der Waals surface area contributed by atoms with Crippen LogP contribution in [0.4, 0.5) is 5.69 Å². The van der Waals surface area contributed by atoms with Gasteiger partial charge in [-0.1, -0.05) is 18.0 Å². The van der Waals surface area contributed by atoms with Crippen molar-refractivity contribution in [3.05, 3.63) is 23.0 Å². The fraction of sp³-hybridized carbons (Fsp3) is 0.500. The Bertz CT molecular complexity index is 601. The quantitative estimate of drug-likeness (QED) is 0.847. The van der Waals surface area contributed by atoms with Crippen LogP contribution in [0.5, 0.6) is 0 Å². The summed E-state index contributed by atoms with van der Waals surface area (Å²) < 4.78 is 23.7.